The predicted octanol–water partition coefficient (Wildman–Crippen LogP) is 1.69. The summed E-state index contributed by atoms with van der Waals surface area (Å²) in [6.07, 6.45) is 0. The molecule has 0 radical (unpaired) electrons. The normalized spacial score (nSPS) is 12.5. The first-order valence-corrected chi connectivity index (χ1v) is 6.35. The van der Waals surface area contributed by atoms with Gasteiger partial charge in [0, 0.05) is 11.1 Å². The zero-order valence-corrected chi connectivity index (χ0v) is 11.5. The maximum Gasteiger partial charge on any atom is 0.323 e. The number of aromatic hydroxyl groups is 2. The number of hydrogen-bond donors (Lipinski definition) is 2. The summed E-state index contributed by atoms with van der Waals surface area (Å²) in [5.41, 5.74) is -4.19. The van der Waals surface area contributed by atoms with Gasteiger partial charge in [0.25, 0.3) is 5.69 Å². The van der Waals surface area contributed by atoms with Gasteiger partial charge in [-0.15, -0.1) is 0 Å². The van der Waals surface area contributed by atoms with E-state index in [1.54, 1.807) is 0 Å². The number of fused-ring (bicyclic) bond motifs is 2. The zero-order valence-electron chi connectivity index (χ0n) is 11.5. The minimum Gasteiger partial charge on any atom is -0.508 e. The van der Waals surface area contributed by atoms with Crippen LogP contribution in [0.2, 0.25) is 0 Å². The van der Waals surface area contributed by atoms with E-state index in [2.05, 4.69) is 0 Å². The summed E-state index contributed by atoms with van der Waals surface area (Å²) in [5.74, 6) is -3.51. The maximum absolute atomic E-state index is 12.6. The summed E-state index contributed by atoms with van der Waals surface area (Å²) in [6, 6.07) is 3.59. The molecule has 0 saturated carbocycles. The standard InChI is InChI=1S/C14H6N2O8/c17-5-1-2-6-7(3-5)14(20)11-10(13(6)19)8(15(21)22)4-9(18)12(11)16(23)24/h1-4,17-18H. The fourth-order valence-electron chi connectivity index (χ4n) is 2.61. The van der Waals surface area contributed by atoms with Crippen LogP contribution in [0.3, 0.4) is 0 Å². The summed E-state index contributed by atoms with van der Waals surface area (Å²) < 4.78 is 0. The summed E-state index contributed by atoms with van der Waals surface area (Å²) in [5, 5.41) is 41.5. The van der Waals surface area contributed by atoms with Crippen molar-refractivity contribution >= 4 is 22.9 Å². The van der Waals surface area contributed by atoms with Crippen LogP contribution in [0.25, 0.3) is 0 Å². The van der Waals surface area contributed by atoms with E-state index in [0.29, 0.717) is 6.07 Å². The van der Waals surface area contributed by atoms with Gasteiger partial charge < -0.3 is 10.2 Å². The van der Waals surface area contributed by atoms with Gasteiger partial charge in [0.05, 0.1) is 15.9 Å². The molecule has 0 spiro atoms. The van der Waals surface area contributed by atoms with Gasteiger partial charge in [-0.05, 0) is 18.2 Å². The lowest BCUT2D eigenvalue weighted by Gasteiger charge is -2.17. The molecule has 1 aliphatic rings. The summed E-state index contributed by atoms with van der Waals surface area (Å²) in [6.45, 7) is 0. The molecule has 0 aromatic heterocycles. The van der Waals surface area contributed by atoms with Gasteiger partial charge in [-0.3, -0.25) is 29.8 Å². The van der Waals surface area contributed by atoms with E-state index in [-0.39, 0.29) is 16.9 Å². The van der Waals surface area contributed by atoms with Crippen LogP contribution in [-0.2, 0) is 0 Å². The number of hydrogen-bond acceptors (Lipinski definition) is 8. The van der Waals surface area contributed by atoms with E-state index in [1.165, 1.54) is 0 Å². The smallest absolute Gasteiger partial charge is 0.323 e. The summed E-state index contributed by atoms with van der Waals surface area (Å²) in [7, 11) is 0. The van der Waals surface area contributed by atoms with Crippen molar-refractivity contribution in [1.82, 2.24) is 0 Å². The molecular formula is C14H6N2O8. The topological polar surface area (TPSA) is 161 Å². The number of nitro groups is 2. The van der Waals surface area contributed by atoms with Crippen molar-refractivity contribution in [3.05, 3.63) is 66.7 Å². The molecule has 0 saturated heterocycles. The van der Waals surface area contributed by atoms with Gasteiger partial charge in [0.1, 0.15) is 16.9 Å². The highest BCUT2D eigenvalue weighted by Gasteiger charge is 2.43. The zero-order chi connectivity index (χ0) is 17.8. The van der Waals surface area contributed by atoms with Crippen LogP contribution in [0.4, 0.5) is 11.4 Å². The molecule has 24 heavy (non-hydrogen) atoms. The van der Waals surface area contributed by atoms with Crippen molar-refractivity contribution in [2.75, 3.05) is 0 Å². The third kappa shape index (κ3) is 1.90. The molecule has 0 fully saturated rings. The number of carbonyl (C=O) groups excluding carboxylic acids is 2. The average Bonchev–Trinajstić information content (AvgIpc) is 2.50. The Morgan fingerprint density at radius 1 is 0.833 bits per heavy atom. The average molecular weight is 330 g/mol. The first-order valence-electron chi connectivity index (χ1n) is 6.35. The Hall–Kier alpha value is -3.82. The Labute approximate surface area is 131 Å². The predicted molar refractivity (Wildman–Crippen MR) is 76.4 cm³/mol. The van der Waals surface area contributed by atoms with Crippen LogP contribution in [0.1, 0.15) is 31.8 Å². The SMILES string of the molecule is O=C1c2ccc(O)cc2C(=O)c2c1c([N+](=O)[O-])cc(O)c2[N+](=O)[O-]. The number of nitrogens with zero attached hydrogens (tertiary/aromatic N) is 2. The molecule has 0 unspecified atom stereocenters. The Morgan fingerprint density at radius 2 is 1.46 bits per heavy atom. The molecule has 0 bridgehead atoms. The van der Waals surface area contributed by atoms with E-state index in [9.17, 15) is 40.0 Å². The molecule has 0 heterocycles. The molecule has 120 valence electrons. The number of nitro benzene ring substituents is 2. The molecule has 0 amide bonds. The number of rotatable bonds is 2. The van der Waals surface area contributed by atoms with Crippen molar-refractivity contribution in [2.24, 2.45) is 0 Å². The first-order chi connectivity index (χ1) is 11.2. The fourth-order valence-corrected chi connectivity index (χ4v) is 2.61. The van der Waals surface area contributed by atoms with Crippen molar-refractivity contribution in [1.29, 1.82) is 0 Å². The lowest BCUT2D eigenvalue weighted by Crippen LogP contribution is -2.23. The number of benzene rings is 2. The largest absolute Gasteiger partial charge is 0.508 e. The van der Waals surface area contributed by atoms with Gasteiger partial charge in [0.2, 0.25) is 17.3 Å². The molecule has 2 aromatic rings. The van der Waals surface area contributed by atoms with E-state index in [4.69, 9.17) is 0 Å². The minimum atomic E-state index is -1.10. The van der Waals surface area contributed by atoms with Crippen molar-refractivity contribution in [3.8, 4) is 11.5 Å². The lowest BCUT2D eigenvalue weighted by atomic mass is 9.82. The van der Waals surface area contributed by atoms with Gasteiger partial charge in [-0.2, -0.15) is 0 Å². The van der Waals surface area contributed by atoms with Crippen molar-refractivity contribution in [2.45, 2.75) is 0 Å². The molecule has 2 aromatic carbocycles. The first kappa shape index (κ1) is 15.1. The summed E-state index contributed by atoms with van der Waals surface area (Å²) >= 11 is 0. The van der Waals surface area contributed by atoms with Crippen LogP contribution in [0, 0.1) is 20.2 Å². The number of phenols is 2. The van der Waals surface area contributed by atoms with E-state index in [0.717, 1.165) is 18.2 Å². The highest BCUT2D eigenvalue weighted by atomic mass is 16.6. The molecule has 3 rings (SSSR count). The second-order valence-electron chi connectivity index (χ2n) is 4.92. The molecule has 2 N–H and O–H groups in total. The van der Waals surface area contributed by atoms with Crippen molar-refractivity contribution in [3.63, 3.8) is 0 Å². The van der Waals surface area contributed by atoms with Crippen LogP contribution in [0.5, 0.6) is 11.5 Å². The third-order valence-corrected chi connectivity index (χ3v) is 3.58. The lowest BCUT2D eigenvalue weighted by molar-refractivity contribution is -0.390. The monoisotopic (exact) mass is 330 g/mol. The molecule has 10 nitrogen and oxygen atoms in total. The molecule has 0 aliphatic heterocycles. The van der Waals surface area contributed by atoms with Crippen LogP contribution in [-0.4, -0.2) is 31.6 Å². The van der Waals surface area contributed by atoms with Crippen LogP contribution < -0.4 is 0 Å². The highest BCUT2D eigenvalue weighted by molar-refractivity contribution is 6.31. The molecule has 10 heteroatoms. The second-order valence-corrected chi connectivity index (χ2v) is 4.92. The van der Waals surface area contributed by atoms with E-state index >= 15 is 0 Å². The Balaban J connectivity index is 2.49. The Morgan fingerprint density at radius 3 is 2.04 bits per heavy atom. The highest BCUT2D eigenvalue weighted by Crippen LogP contribution is 2.43. The van der Waals surface area contributed by atoms with Crippen molar-refractivity contribution < 1.29 is 29.6 Å². The Bertz CT molecular complexity index is 979. The number of phenolic OH excluding ortho intramolecular Hbond substituents is 2. The van der Waals surface area contributed by atoms with Gasteiger partial charge in [-0.1, -0.05) is 0 Å². The van der Waals surface area contributed by atoms with E-state index in [1.807, 2.05) is 0 Å². The van der Waals surface area contributed by atoms with Gasteiger partial charge >= 0.3 is 5.69 Å². The van der Waals surface area contributed by atoms with Crippen LogP contribution in [0.15, 0.2) is 24.3 Å². The van der Waals surface area contributed by atoms with Gasteiger partial charge in [0.15, 0.2) is 0 Å². The van der Waals surface area contributed by atoms with E-state index < -0.39 is 49.7 Å². The number of carbonyl (C=O) groups is 2. The quantitative estimate of drug-likeness (QED) is 0.530. The molecular weight excluding hydrogens is 324 g/mol. The van der Waals surface area contributed by atoms with Gasteiger partial charge in [-0.25, -0.2) is 0 Å². The molecule has 1 aliphatic carbocycles. The number of ketones is 2. The maximum atomic E-state index is 12.6. The van der Waals surface area contributed by atoms with Crippen LogP contribution >= 0.6 is 0 Å². The fraction of sp³-hybridized carbons (Fsp3) is 0. The summed E-state index contributed by atoms with van der Waals surface area (Å²) in [4.78, 5) is 45.3. The second kappa shape index (κ2) is 4.84. The Kier molecular flexibility index (Phi) is 3.04. The molecule has 0 atom stereocenters. The minimum absolute atomic E-state index is 0.228. The third-order valence-electron chi connectivity index (χ3n) is 3.58.